The number of hydrogen-bond acceptors (Lipinski definition) is 6. The highest BCUT2D eigenvalue weighted by Crippen LogP contribution is 2.39. The van der Waals surface area contributed by atoms with E-state index in [1.54, 1.807) is 32.4 Å². The number of nitrogens with zero attached hydrogens (tertiary/aromatic N) is 1. The molecule has 35 heavy (non-hydrogen) atoms. The van der Waals surface area contributed by atoms with Crippen LogP contribution in [0, 0.1) is 6.92 Å². The maximum atomic E-state index is 13.6. The minimum atomic E-state index is -0.417. The first-order valence-electron chi connectivity index (χ1n) is 11.3. The second-order valence-electron chi connectivity index (χ2n) is 8.50. The van der Waals surface area contributed by atoms with Crippen LogP contribution in [0.25, 0.3) is 0 Å². The molecule has 0 saturated carbocycles. The standard InChI is InChI=1S/C28H28N2O4S/c1-17(2)19-8-10-20(11-9-19)30-27(31)25(29-23-15-12-21(33-4)16-24(23)34-5)26(28(30)32)35-22-13-6-18(3)7-14-22/h6-17,29H,1-5H3. The summed E-state index contributed by atoms with van der Waals surface area (Å²) in [5.74, 6) is 0.681. The normalized spacial score (nSPS) is 13.6. The summed E-state index contributed by atoms with van der Waals surface area (Å²) in [5, 5.41) is 3.17. The number of rotatable bonds is 8. The Bertz CT molecular complexity index is 1280. The van der Waals surface area contributed by atoms with Gasteiger partial charge in [0.25, 0.3) is 11.8 Å². The number of methoxy groups -OCH3 is 2. The molecule has 180 valence electrons. The minimum absolute atomic E-state index is 0.206. The van der Waals surface area contributed by atoms with E-state index in [1.165, 1.54) is 16.7 Å². The van der Waals surface area contributed by atoms with E-state index < -0.39 is 5.91 Å². The summed E-state index contributed by atoms with van der Waals surface area (Å²) < 4.78 is 10.8. The summed E-state index contributed by atoms with van der Waals surface area (Å²) in [4.78, 5) is 29.6. The predicted octanol–water partition coefficient (Wildman–Crippen LogP) is 6.12. The van der Waals surface area contributed by atoms with Gasteiger partial charge in [0.2, 0.25) is 0 Å². The van der Waals surface area contributed by atoms with Gasteiger partial charge in [0.05, 0.1) is 25.6 Å². The molecule has 0 aliphatic carbocycles. The highest BCUT2D eigenvalue weighted by atomic mass is 32.2. The van der Waals surface area contributed by atoms with Gasteiger partial charge in [-0.3, -0.25) is 9.59 Å². The van der Waals surface area contributed by atoms with Crippen LogP contribution in [0.2, 0.25) is 0 Å². The lowest BCUT2D eigenvalue weighted by molar-refractivity contribution is -0.120. The molecule has 0 bridgehead atoms. The molecule has 4 rings (SSSR count). The van der Waals surface area contributed by atoms with Crippen molar-refractivity contribution in [1.29, 1.82) is 0 Å². The number of benzene rings is 3. The molecule has 2 amide bonds. The zero-order valence-corrected chi connectivity index (χ0v) is 21.2. The van der Waals surface area contributed by atoms with Gasteiger partial charge in [-0.25, -0.2) is 4.90 Å². The van der Waals surface area contributed by atoms with Crippen molar-refractivity contribution in [3.8, 4) is 11.5 Å². The number of imide groups is 1. The van der Waals surface area contributed by atoms with Crippen LogP contribution in [-0.4, -0.2) is 26.0 Å². The van der Waals surface area contributed by atoms with E-state index in [0.717, 1.165) is 16.0 Å². The van der Waals surface area contributed by atoms with Gasteiger partial charge in [0, 0.05) is 11.0 Å². The third-order valence-corrected chi connectivity index (χ3v) is 6.86. The molecule has 1 heterocycles. The molecular formula is C28H28N2O4S. The number of carbonyl (C=O) groups excluding carboxylic acids is 2. The van der Waals surface area contributed by atoms with Crippen LogP contribution < -0.4 is 19.7 Å². The van der Waals surface area contributed by atoms with E-state index in [1.807, 2.05) is 55.5 Å². The smallest absolute Gasteiger partial charge is 0.283 e. The molecule has 0 atom stereocenters. The third-order valence-electron chi connectivity index (χ3n) is 5.77. The molecule has 0 fully saturated rings. The van der Waals surface area contributed by atoms with Crippen molar-refractivity contribution in [3.05, 3.63) is 88.5 Å². The van der Waals surface area contributed by atoms with Gasteiger partial charge < -0.3 is 14.8 Å². The number of amides is 2. The monoisotopic (exact) mass is 488 g/mol. The summed E-state index contributed by atoms with van der Waals surface area (Å²) in [6.45, 7) is 6.20. The number of aryl methyl sites for hydroxylation is 1. The van der Waals surface area contributed by atoms with E-state index in [0.29, 0.717) is 33.7 Å². The maximum Gasteiger partial charge on any atom is 0.283 e. The molecule has 0 aromatic heterocycles. The molecule has 1 N–H and O–H groups in total. The Hall–Kier alpha value is -3.71. The van der Waals surface area contributed by atoms with Gasteiger partial charge >= 0.3 is 0 Å². The zero-order valence-electron chi connectivity index (χ0n) is 20.4. The second kappa shape index (κ2) is 10.3. The van der Waals surface area contributed by atoms with Gasteiger partial charge in [0.1, 0.15) is 22.1 Å². The quantitative estimate of drug-likeness (QED) is 0.385. The number of nitrogens with one attached hydrogen (secondary N) is 1. The Morgan fingerprint density at radius 2 is 1.54 bits per heavy atom. The van der Waals surface area contributed by atoms with Crippen LogP contribution in [0.1, 0.15) is 30.9 Å². The van der Waals surface area contributed by atoms with Gasteiger partial charge in [-0.05, 0) is 54.8 Å². The van der Waals surface area contributed by atoms with E-state index in [4.69, 9.17) is 9.47 Å². The lowest BCUT2D eigenvalue weighted by atomic mass is 10.0. The number of carbonyl (C=O) groups is 2. The molecule has 1 aliphatic heterocycles. The molecule has 6 nitrogen and oxygen atoms in total. The molecule has 1 aliphatic rings. The molecule has 0 radical (unpaired) electrons. The lowest BCUT2D eigenvalue weighted by Gasteiger charge is -2.17. The second-order valence-corrected chi connectivity index (χ2v) is 9.59. The minimum Gasteiger partial charge on any atom is -0.497 e. The number of hydrogen-bond donors (Lipinski definition) is 1. The molecule has 3 aromatic carbocycles. The largest absolute Gasteiger partial charge is 0.497 e. The van der Waals surface area contributed by atoms with Crippen molar-refractivity contribution in [3.63, 3.8) is 0 Å². The van der Waals surface area contributed by atoms with Crippen LogP contribution >= 0.6 is 11.8 Å². The van der Waals surface area contributed by atoms with Crippen molar-refractivity contribution in [2.75, 3.05) is 24.4 Å². The molecule has 0 unspecified atom stereocenters. The first-order valence-corrected chi connectivity index (χ1v) is 12.1. The molecule has 0 spiro atoms. The summed E-state index contributed by atoms with van der Waals surface area (Å²) in [6, 6.07) is 20.6. The van der Waals surface area contributed by atoms with E-state index >= 15 is 0 Å². The van der Waals surface area contributed by atoms with Crippen molar-refractivity contribution in [1.82, 2.24) is 0 Å². The Morgan fingerprint density at radius 1 is 0.857 bits per heavy atom. The maximum absolute atomic E-state index is 13.6. The van der Waals surface area contributed by atoms with Crippen LogP contribution in [0.4, 0.5) is 11.4 Å². The zero-order chi connectivity index (χ0) is 25.1. The summed E-state index contributed by atoms with van der Waals surface area (Å²) >= 11 is 1.27. The van der Waals surface area contributed by atoms with Crippen molar-refractivity contribution >= 4 is 35.0 Å². The van der Waals surface area contributed by atoms with Crippen molar-refractivity contribution in [2.45, 2.75) is 31.6 Å². The van der Waals surface area contributed by atoms with Gasteiger partial charge in [-0.15, -0.1) is 0 Å². The highest BCUT2D eigenvalue weighted by molar-refractivity contribution is 8.04. The first kappa shape index (κ1) is 24.4. The summed E-state index contributed by atoms with van der Waals surface area (Å²) in [6.07, 6.45) is 0. The molecule has 0 saturated heterocycles. The fourth-order valence-electron chi connectivity index (χ4n) is 3.72. The van der Waals surface area contributed by atoms with Gasteiger partial charge in [-0.1, -0.05) is 55.4 Å². The van der Waals surface area contributed by atoms with Crippen LogP contribution in [0.15, 0.2) is 82.2 Å². The predicted molar refractivity (Wildman–Crippen MR) is 140 cm³/mol. The van der Waals surface area contributed by atoms with E-state index in [9.17, 15) is 9.59 Å². The topological polar surface area (TPSA) is 67.9 Å². The Kier molecular flexibility index (Phi) is 7.17. The fourth-order valence-corrected chi connectivity index (χ4v) is 4.64. The number of anilines is 2. The summed E-state index contributed by atoms with van der Waals surface area (Å²) in [7, 11) is 3.11. The molecular weight excluding hydrogens is 460 g/mol. The van der Waals surface area contributed by atoms with Crippen molar-refractivity contribution in [2.24, 2.45) is 0 Å². The Balaban J connectivity index is 1.74. The summed E-state index contributed by atoms with van der Waals surface area (Å²) in [5.41, 5.74) is 3.55. The average Bonchev–Trinajstić information content (AvgIpc) is 3.09. The highest BCUT2D eigenvalue weighted by Gasteiger charge is 2.40. The van der Waals surface area contributed by atoms with Crippen LogP contribution in [-0.2, 0) is 9.59 Å². The SMILES string of the molecule is COc1ccc(NC2=C(Sc3ccc(C)cc3)C(=O)N(c3ccc(C(C)C)cc3)C2=O)c(OC)c1. The van der Waals surface area contributed by atoms with Crippen LogP contribution in [0.5, 0.6) is 11.5 Å². The molecule has 7 heteroatoms. The Labute approximate surface area is 209 Å². The third kappa shape index (κ3) is 5.05. The van der Waals surface area contributed by atoms with E-state index in [2.05, 4.69) is 19.2 Å². The number of ether oxygens (including phenoxy) is 2. The Morgan fingerprint density at radius 3 is 2.14 bits per heavy atom. The van der Waals surface area contributed by atoms with Crippen molar-refractivity contribution < 1.29 is 19.1 Å². The number of thioether (sulfide) groups is 1. The van der Waals surface area contributed by atoms with Crippen LogP contribution in [0.3, 0.4) is 0 Å². The molecule has 3 aromatic rings. The van der Waals surface area contributed by atoms with E-state index in [-0.39, 0.29) is 11.6 Å². The first-order chi connectivity index (χ1) is 16.8. The van der Waals surface area contributed by atoms with Gasteiger partial charge in [-0.2, -0.15) is 0 Å². The fraction of sp³-hybridized carbons (Fsp3) is 0.214. The van der Waals surface area contributed by atoms with Gasteiger partial charge in [0.15, 0.2) is 0 Å². The average molecular weight is 489 g/mol. The lowest BCUT2D eigenvalue weighted by Crippen LogP contribution is -2.32.